The minimum absolute atomic E-state index is 0.0381. The van der Waals surface area contributed by atoms with E-state index in [1.165, 1.54) is 7.05 Å². The number of likely N-dealkylation sites (N-methyl/N-ethyl adjacent to an activating group) is 1. The van der Waals surface area contributed by atoms with Crippen molar-refractivity contribution in [2.75, 3.05) is 19.3 Å². The zero-order valence-corrected chi connectivity index (χ0v) is 9.33. The Morgan fingerprint density at radius 3 is 2.69 bits per heavy atom. The van der Waals surface area contributed by atoms with Crippen LogP contribution in [0.1, 0.15) is 15.9 Å². The second-order valence-corrected chi connectivity index (χ2v) is 3.38. The molecule has 0 heterocycles. The van der Waals surface area contributed by atoms with E-state index in [-0.39, 0.29) is 18.4 Å². The molecule has 5 heteroatoms. The lowest BCUT2D eigenvalue weighted by molar-refractivity contribution is -0.119. The molecular weight excluding hydrogens is 206 g/mol. The summed E-state index contributed by atoms with van der Waals surface area (Å²) in [6.07, 6.45) is 0. The van der Waals surface area contributed by atoms with E-state index in [0.29, 0.717) is 11.3 Å². The maximum Gasteiger partial charge on any atom is 0.252 e. The van der Waals surface area contributed by atoms with E-state index >= 15 is 0 Å². The second-order valence-electron chi connectivity index (χ2n) is 3.38. The lowest BCUT2D eigenvalue weighted by atomic mass is 10.1. The molecule has 0 radical (unpaired) electrons. The molecule has 0 aliphatic rings. The summed E-state index contributed by atoms with van der Waals surface area (Å²) in [5, 5.41) is 4.93. The van der Waals surface area contributed by atoms with Gasteiger partial charge in [-0.3, -0.25) is 9.59 Å². The molecule has 16 heavy (non-hydrogen) atoms. The van der Waals surface area contributed by atoms with E-state index in [1.807, 2.05) is 0 Å². The molecule has 0 aliphatic heterocycles. The van der Waals surface area contributed by atoms with Gasteiger partial charge in [-0.25, -0.2) is 0 Å². The number of amides is 2. The van der Waals surface area contributed by atoms with Gasteiger partial charge in [-0.1, -0.05) is 6.07 Å². The Balaban J connectivity index is 2.74. The molecule has 4 N–H and O–H groups in total. The first-order chi connectivity index (χ1) is 7.56. The van der Waals surface area contributed by atoms with Gasteiger partial charge in [0.15, 0.2) is 0 Å². The Morgan fingerprint density at radius 1 is 1.38 bits per heavy atom. The van der Waals surface area contributed by atoms with Crippen LogP contribution in [-0.2, 0) is 4.79 Å². The van der Waals surface area contributed by atoms with E-state index in [9.17, 15) is 9.59 Å². The quantitative estimate of drug-likeness (QED) is 0.631. The number of hydrogen-bond acceptors (Lipinski definition) is 3. The highest BCUT2D eigenvalue weighted by Gasteiger charge is 2.10. The fourth-order valence-corrected chi connectivity index (χ4v) is 1.24. The van der Waals surface area contributed by atoms with Gasteiger partial charge in [0.05, 0.1) is 6.54 Å². The fourth-order valence-electron chi connectivity index (χ4n) is 1.24. The van der Waals surface area contributed by atoms with Crippen LogP contribution < -0.4 is 16.4 Å². The molecule has 0 saturated heterocycles. The third-order valence-corrected chi connectivity index (χ3v) is 2.31. The van der Waals surface area contributed by atoms with Crippen LogP contribution >= 0.6 is 0 Å². The molecule has 86 valence electrons. The zero-order chi connectivity index (χ0) is 12.1. The van der Waals surface area contributed by atoms with Crippen molar-refractivity contribution in [3.8, 4) is 0 Å². The predicted octanol–water partition coefficient (Wildman–Crippen LogP) is 0.0530. The molecule has 1 rings (SSSR count). The number of nitrogens with one attached hydrogen (secondary N) is 2. The Morgan fingerprint density at radius 2 is 2.06 bits per heavy atom. The van der Waals surface area contributed by atoms with Gasteiger partial charge >= 0.3 is 0 Å². The van der Waals surface area contributed by atoms with Gasteiger partial charge in [0, 0.05) is 18.3 Å². The first-order valence-electron chi connectivity index (χ1n) is 4.90. The number of hydrogen-bond donors (Lipinski definition) is 3. The first-order valence-corrected chi connectivity index (χ1v) is 4.90. The average molecular weight is 221 g/mol. The molecule has 0 fully saturated rings. The number of rotatable bonds is 3. The van der Waals surface area contributed by atoms with Crippen LogP contribution in [0.4, 0.5) is 5.69 Å². The molecule has 0 aromatic heterocycles. The standard InChI is InChI=1S/C11H15N3O2/c1-7-8(4-3-5-9(7)12)11(16)14-6-10(15)13-2/h3-5H,6,12H2,1-2H3,(H,13,15)(H,14,16). The first kappa shape index (κ1) is 12.0. The van der Waals surface area contributed by atoms with E-state index < -0.39 is 0 Å². The minimum atomic E-state index is -0.298. The van der Waals surface area contributed by atoms with E-state index in [0.717, 1.165) is 5.56 Å². The summed E-state index contributed by atoms with van der Waals surface area (Å²) < 4.78 is 0. The summed E-state index contributed by atoms with van der Waals surface area (Å²) in [5.74, 6) is -0.539. The van der Waals surface area contributed by atoms with Crippen molar-refractivity contribution >= 4 is 17.5 Å². The number of carbonyl (C=O) groups is 2. The molecule has 0 aliphatic carbocycles. The molecule has 0 atom stereocenters. The third kappa shape index (κ3) is 2.73. The topological polar surface area (TPSA) is 84.2 Å². The van der Waals surface area contributed by atoms with Crippen molar-refractivity contribution in [2.24, 2.45) is 0 Å². The summed E-state index contributed by atoms with van der Waals surface area (Å²) in [4.78, 5) is 22.6. The van der Waals surface area contributed by atoms with Gasteiger partial charge in [0.1, 0.15) is 0 Å². The Hall–Kier alpha value is -2.04. The van der Waals surface area contributed by atoms with Crippen molar-refractivity contribution in [1.82, 2.24) is 10.6 Å². The van der Waals surface area contributed by atoms with E-state index in [1.54, 1.807) is 25.1 Å². The lowest BCUT2D eigenvalue weighted by Crippen LogP contribution is -2.35. The maximum absolute atomic E-state index is 11.7. The van der Waals surface area contributed by atoms with E-state index in [2.05, 4.69) is 10.6 Å². The Bertz CT molecular complexity index is 416. The molecule has 0 saturated carbocycles. The fraction of sp³-hybridized carbons (Fsp3) is 0.273. The second kappa shape index (κ2) is 5.16. The summed E-state index contributed by atoms with van der Waals surface area (Å²) in [6.45, 7) is 1.73. The highest BCUT2D eigenvalue weighted by Crippen LogP contribution is 2.14. The average Bonchev–Trinajstić information content (AvgIpc) is 2.29. The van der Waals surface area contributed by atoms with Crippen LogP contribution in [0.2, 0.25) is 0 Å². The largest absolute Gasteiger partial charge is 0.398 e. The molecule has 0 bridgehead atoms. The highest BCUT2D eigenvalue weighted by atomic mass is 16.2. The summed E-state index contributed by atoms with van der Waals surface area (Å²) in [7, 11) is 1.51. The zero-order valence-electron chi connectivity index (χ0n) is 9.33. The van der Waals surface area contributed by atoms with Gasteiger partial charge in [-0.05, 0) is 24.6 Å². The smallest absolute Gasteiger partial charge is 0.252 e. The Labute approximate surface area is 94.0 Å². The number of nitrogen functional groups attached to an aromatic ring is 1. The van der Waals surface area contributed by atoms with Crippen molar-refractivity contribution < 1.29 is 9.59 Å². The minimum Gasteiger partial charge on any atom is -0.398 e. The molecular formula is C11H15N3O2. The molecule has 1 aromatic rings. The van der Waals surface area contributed by atoms with Crippen molar-refractivity contribution in [2.45, 2.75) is 6.92 Å². The third-order valence-electron chi connectivity index (χ3n) is 2.31. The van der Waals surface area contributed by atoms with Crippen LogP contribution in [0.3, 0.4) is 0 Å². The number of benzene rings is 1. The normalized spacial score (nSPS) is 9.62. The molecule has 0 unspecified atom stereocenters. The van der Waals surface area contributed by atoms with Crippen molar-refractivity contribution in [3.05, 3.63) is 29.3 Å². The molecule has 5 nitrogen and oxygen atoms in total. The lowest BCUT2D eigenvalue weighted by Gasteiger charge is -2.08. The highest BCUT2D eigenvalue weighted by molar-refractivity contribution is 5.98. The van der Waals surface area contributed by atoms with E-state index in [4.69, 9.17) is 5.73 Å². The van der Waals surface area contributed by atoms with Gasteiger partial charge in [-0.2, -0.15) is 0 Å². The van der Waals surface area contributed by atoms with Gasteiger partial charge in [0.25, 0.3) is 5.91 Å². The van der Waals surface area contributed by atoms with Crippen LogP contribution in [0, 0.1) is 6.92 Å². The predicted molar refractivity (Wildman–Crippen MR) is 62.0 cm³/mol. The number of nitrogens with two attached hydrogens (primary N) is 1. The maximum atomic E-state index is 11.7. The van der Waals surface area contributed by atoms with Gasteiger partial charge in [0.2, 0.25) is 5.91 Å². The van der Waals surface area contributed by atoms with Crippen LogP contribution in [0.5, 0.6) is 0 Å². The molecule has 2 amide bonds. The summed E-state index contributed by atoms with van der Waals surface area (Å²) >= 11 is 0. The SMILES string of the molecule is CNC(=O)CNC(=O)c1cccc(N)c1C. The van der Waals surface area contributed by atoms with Gasteiger partial charge < -0.3 is 16.4 Å². The van der Waals surface area contributed by atoms with Crippen LogP contribution in [0.25, 0.3) is 0 Å². The number of carbonyl (C=O) groups excluding carboxylic acids is 2. The Kier molecular flexibility index (Phi) is 3.88. The summed E-state index contributed by atoms with van der Waals surface area (Å²) in [5.41, 5.74) is 7.45. The molecule has 1 aromatic carbocycles. The van der Waals surface area contributed by atoms with Gasteiger partial charge in [-0.15, -0.1) is 0 Å². The summed E-state index contributed by atoms with van der Waals surface area (Å²) in [6, 6.07) is 5.10. The van der Waals surface area contributed by atoms with Crippen LogP contribution in [0.15, 0.2) is 18.2 Å². The van der Waals surface area contributed by atoms with Crippen molar-refractivity contribution in [3.63, 3.8) is 0 Å². The molecule has 0 spiro atoms. The van der Waals surface area contributed by atoms with Crippen LogP contribution in [-0.4, -0.2) is 25.4 Å². The monoisotopic (exact) mass is 221 g/mol. The van der Waals surface area contributed by atoms with Crippen molar-refractivity contribution in [1.29, 1.82) is 0 Å². The number of anilines is 1.